The molecule has 0 saturated carbocycles. The number of anilines is 1. The second-order valence-electron chi connectivity index (χ2n) is 4.04. The summed E-state index contributed by atoms with van der Waals surface area (Å²) in [7, 11) is 1.58. The van der Waals surface area contributed by atoms with Crippen molar-refractivity contribution in [3.63, 3.8) is 0 Å². The zero-order valence-corrected chi connectivity index (χ0v) is 11.9. The minimum Gasteiger partial charge on any atom is -0.382 e. The van der Waals surface area contributed by atoms with E-state index >= 15 is 0 Å². The molecule has 7 nitrogen and oxygen atoms in total. The van der Waals surface area contributed by atoms with Crippen molar-refractivity contribution in [1.82, 2.24) is 5.32 Å². The van der Waals surface area contributed by atoms with E-state index in [-0.39, 0.29) is 11.6 Å². The van der Waals surface area contributed by atoms with E-state index < -0.39 is 5.84 Å². The smallest absolute Gasteiger partial charge is 0.261 e. The van der Waals surface area contributed by atoms with Gasteiger partial charge in [0.05, 0.1) is 10.6 Å². The van der Waals surface area contributed by atoms with Gasteiger partial charge in [-0.1, -0.05) is 0 Å². The molecule has 0 atom stereocenters. The van der Waals surface area contributed by atoms with Crippen molar-refractivity contribution in [3.05, 3.63) is 29.1 Å². The standard InChI is InChI=1S/C13H12N6OS/c1-17-13(20)11-5-7-4-8(2-3-10(7)21-11)18-19-9(6-14)12(15)16/h2-5,18H,1H3,(H3,15,16)(H,17,20)/b19-9+. The number of rotatable bonds is 4. The molecule has 2 aromatic rings. The molecule has 2 rings (SSSR count). The number of nitriles is 1. The Morgan fingerprint density at radius 2 is 2.24 bits per heavy atom. The van der Waals surface area contributed by atoms with Crippen LogP contribution in [-0.4, -0.2) is 24.5 Å². The highest BCUT2D eigenvalue weighted by atomic mass is 32.1. The van der Waals surface area contributed by atoms with Crippen LogP contribution in [-0.2, 0) is 0 Å². The molecular weight excluding hydrogens is 288 g/mol. The summed E-state index contributed by atoms with van der Waals surface area (Å²) >= 11 is 1.39. The zero-order chi connectivity index (χ0) is 15.4. The fourth-order valence-corrected chi connectivity index (χ4v) is 2.60. The summed E-state index contributed by atoms with van der Waals surface area (Å²) in [5.41, 5.74) is 8.32. The molecule has 0 unspecified atom stereocenters. The summed E-state index contributed by atoms with van der Waals surface area (Å²) in [5.74, 6) is -0.532. The minimum absolute atomic E-state index is 0.132. The molecular formula is C13H12N6OS. The van der Waals surface area contributed by atoms with E-state index in [9.17, 15) is 4.79 Å². The van der Waals surface area contributed by atoms with Gasteiger partial charge >= 0.3 is 0 Å². The third kappa shape index (κ3) is 3.16. The lowest BCUT2D eigenvalue weighted by Crippen LogP contribution is -2.21. The van der Waals surface area contributed by atoms with E-state index in [2.05, 4.69) is 15.8 Å². The van der Waals surface area contributed by atoms with Crippen molar-refractivity contribution in [2.75, 3.05) is 12.5 Å². The Labute approximate surface area is 124 Å². The highest BCUT2D eigenvalue weighted by Gasteiger charge is 2.09. The maximum absolute atomic E-state index is 11.6. The van der Waals surface area contributed by atoms with Crippen LogP contribution in [0.4, 0.5) is 5.69 Å². The molecule has 8 heteroatoms. The molecule has 5 N–H and O–H groups in total. The normalized spacial score (nSPS) is 11.0. The summed E-state index contributed by atoms with van der Waals surface area (Å²) in [6.07, 6.45) is 0. The van der Waals surface area contributed by atoms with Gasteiger partial charge in [-0.25, -0.2) is 0 Å². The van der Waals surface area contributed by atoms with Gasteiger partial charge in [0.15, 0.2) is 5.84 Å². The molecule has 21 heavy (non-hydrogen) atoms. The molecule has 0 aliphatic rings. The Morgan fingerprint density at radius 3 is 2.86 bits per heavy atom. The van der Waals surface area contributed by atoms with Gasteiger partial charge in [0.2, 0.25) is 5.71 Å². The van der Waals surface area contributed by atoms with Crippen LogP contribution >= 0.6 is 11.3 Å². The van der Waals surface area contributed by atoms with Gasteiger partial charge in [0.1, 0.15) is 6.07 Å². The predicted octanol–water partition coefficient (Wildman–Crippen LogP) is 1.49. The Bertz CT molecular complexity index is 786. The minimum atomic E-state index is -0.400. The van der Waals surface area contributed by atoms with Crippen molar-refractivity contribution in [3.8, 4) is 6.07 Å². The first-order valence-corrected chi connectivity index (χ1v) is 6.70. The monoisotopic (exact) mass is 300 g/mol. The number of hydrogen-bond donors (Lipinski definition) is 4. The lowest BCUT2D eigenvalue weighted by atomic mass is 10.2. The van der Waals surface area contributed by atoms with Crippen LogP contribution in [0.2, 0.25) is 0 Å². The Kier molecular flexibility index (Phi) is 4.15. The van der Waals surface area contributed by atoms with E-state index in [0.29, 0.717) is 10.6 Å². The van der Waals surface area contributed by atoms with E-state index in [1.165, 1.54) is 11.3 Å². The number of hydrazone groups is 1. The van der Waals surface area contributed by atoms with Crippen molar-refractivity contribution < 1.29 is 4.79 Å². The number of nitrogens with two attached hydrogens (primary N) is 1. The number of nitrogens with one attached hydrogen (secondary N) is 3. The molecule has 106 valence electrons. The fraction of sp³-hybridized carbons (Fsp3) is 0.0769. The number of thiophene rings is 1. The van der Waals surface area contributed by atoms with Gasteiger partial charge in [-0.05, 0) is 29.7 Å². The van der Waals surface area contributed by atoms with Crippen LogP contribution in [0.1, 0.15) is 9.67 Å². The first-order valence-electron chi connectivity index (χ1n) is 5.89. The molecule has 0 aliphatic carbocycles. The maximum atomic E-state index is 11.6. The van der Waals surface area contributed by atoms with E-state index in [1.54, 1.807) is 31.3 Å². The molecule has 0 aliphatic heterocycles. The van der Waals surface area contributed by atoms with Crippen LogP contribution in [0.3, 0.4) is 0 Å². The molecule has 0 radical (unpaired) electrons. The third-order valence-corrected chi connectivity index (χ3v) is 3.74. The molecule has 0 saturated heterocycles. The largest absolute Gasteiger partial charge is 0.382 e. The van der Waals surface area contributed by atoms with Crippen LogP contribution in [0, 0.1) is 16.7 Å². The third-order valence-electron chi connectivity index (χ3n) is 2.62. The predicted molar refractivity (Wildman–Crippen MR) is 83.8 cm³/mol. The average molecular weight is 300 g/mol. The molecule has 1 heterocycles. The number of amidine groups is 1. The first kappa shape index (κ1) is 14.5. The van der Waals surface area contributed by atoms with Crippen molar-refractivity contribution >= 4 is 44.6 Å². The molecule has 0 bridgehead atoms. The van der Waals surface area contributed by atoms with Crippen molar-refractivity contribution in [2.24, 2.45) is 10.8 Å². The van der Waals surface area contributed by atoms with Crippen molar-refractivity contribution in [2.45, 2.75) is 0 Å². The summed E-state index contributed by atoms with van der Waals surface area (Å²) in [6.45, 7) is 0. The van der Waals surface area contributed by atoms with E-state index in [1.807, 2.05) is 6.07 Å². The van der Waals surface area contributed by atoms with Crippen LogP contribution in [0.5, 0.6) is 0 Å². The number of amides is 1. The SMILES string of the molecule is CNC(=O)c1cc2cc(N/N=C(\C#N)C(=N)N)ccc2s1. The number of benzene rings is 1. The summed E-state index contributed by atoms with van der Waals surface area (Å²) in [6, 6.07) is 8.93. The number of carbonyl (C=O) groups is 1. The fourth-order valence-electron chi connectivity index (χ4n) is 1.61. The van der Waals surface area contributed by atoms with E-state index in [0.717, 1.165) is 10.1 Å². The van der Waals surface area contributed by atoms with Crippen LogP contribution < -0.4 is 16.5 Å². The van der Waals surface area contributed by atoms with Gasteiger partial charge in [-0.3, -0.25) is 15.6 Å². The van der Waals surface area contributed by atoms with Gasteiger partial charge in [-0.15, -0.1) is 11.3 Å². The van der Waals surface area contributed by atoms with Gasteiger partial charge in [-0.2, -0.15) is 10.4 Å². The number of fused-ring (bicyclic) bond motifs is 1. The van der Waals surface area contributed by atoms with Crippen LogP contribution in [0.15, 0.2) is 29.4 Å². The van der Waals surface area contributed by atoms with Gasteiger partial charge in [0, 0.05) is 11.7 Å². The highest BCUT2D eigenvalue weighted by Crippen LogP contribution is 2.28. The molecule has 0 spiro atoms. The highest BCUT2D eigenvalue weighted by molar-refractivity contribution is 7.20. The van der Waals surface area contributed by atoms with Crippen molar-refractivity contribution in [1.29, 1.82) is 10.7 Å². The van der Waals surface area contributed by atoms with Gasteiger partial charge in [0.25, 0.3) is 5.91 Å². The number of nitrogens with zero attached hydrogens (tertiary/aromatic N) is 2. The molecule has 1 amide bonds. The lowest BCUT2D eigenvalue weighted by molar-refractivity contribution is 0.0967. The quantitative estimate of drug-likeness (QED) is 0.387. The molecule has 0 fully saturated rings. The first-order chi connectivity index (χ1) is 10.0. The lowest BCUT2D eigenvalue weighted by Gasteiger charge is -2.01. The maximum Gasteiger partial charge on any atom is 0.261 e. The summed E-state index contributed by atoms with van der Waals surface area (Å²) < 4.78 is 0.968. The Morgan fingerprint density at radius 1 is 1.48 bits per heavy atom. The van der Waals surface area contributed by atoms with E-state index in [4.69, 9.17) is 16.4 Å². The van der Waals surface area contributed by atoms with Gasteiger partial charge < -0.3 is 11.1 Å². The number of carbonyl (C=O) groups excluding carboxylic acids is 1. The molecule has 1 aromatic carbocycles. The Balaban J connectivity index is 2.29. The summed E-state index contributed by atoms with van der Waals surface area (Å²) in [5, 5.41) is 23.1. The second kappa shape index (κ2) is 6.02. The zero-order valence-electron chi connectivity index (χ0n) is 11.1. The summed E-state index contributed by atoms with van der Waals surface area (Å²) in [4.78, 5) is 12.2. The van der Waals surface area contributed by atoms with Crippen LogP contribution in [0.25, 0.3) is 10.1 Å². The average Bonchev–Trinajstić information content (AvgIpc) is 2.89. The Hall–Kier alpha value is -2.92. The second-order valence-corrected chi connectivity index (χ2v) is 5.12. The molecule has 1 aromatic heterocycles. The number of hydrogen-bond acceptors (Lipinski definition) is 6. The topological polar surface area (TPSA) is 127 Å².